The van der Waals surface area contributed by atoms with Gasteiger partial charge in [0.2, 0.25) is 10.0 Å². The SMILES string of the molecule is CN(C)S(=O)(=O)c1ccc(C(=O)NCc2ccc3ccccc3c2)cc1. The minimum absolute atomic E-state index is 0.161. The van der Waals surface area contributed by atoms with Crippen molar-refractivity contribution in [2.24, 2.45) is 0 Å². The van der Waals surface area contributed by atoms with E-state index in [4.69, 9.17) is 0 Å². The van der Waals surface area contributed by atoms with Gasteiger partial charge in [0.15, 0.2) is 0 Å². The highest BCUT2D eigenvalue weighted by atomic mass is 32.2. The molecule has 0 aliphatic rings. The highest BCUT2D eigenvalue weighted by Gasteiger charge is 2.17. The van der Waals surface area contributed by atoms with E-state index < -0.39 is 10.0 Å². The maximum absolute atomic E-state index is 12.3. The van der Waals surface area contributed by atoms with E-state index in [1.54, 1.807) is 0 Å². The average Bonchev–Trinajstić information content (AvgIpc) is 2.66. The zero-order valence-electron chi connectivity index (χ0n) is 14.6. The summed E-state index contributed by atoms with van der Waals surface area (Å²) in [6.45, 7) is 0.404. The van der Waals surface area contributed by atoms with Crippen LogP contribution in [0.25, 0.3) is 10.8 Å². The molecule has 0 radical (unpaired) electrons. The van der Waals surface area contributed by atoms with Crippen LogP contribution in [0, 0.1) is 0 Å². The minimum atomic E-state index is -3.49. The molecule has 26 heavy (non-hydrogen) atoms. The smallest absolute Gasteiger partial charge is 0.251 e. The molecule has 134 valence electrons. The second kappa shape index (κ2) is 7.27. The molecule has 5 nitrogen and oxygen atoms in total. The molecule has 0 aliphatic carbocycles. The summed E-state index contributed by atoms with van der Waals surface area (Å²) in [4.78, 5) is 12.5. The quantitative estimate of drug-likeness (QED) is 0.753. The topological polar surface area (TPSA) is 66.5 Å². The maximum atomic E-state index is 12.3. The summed E-state index contributed by atoms with van der Waals surface area (Å²) < 4.78 is 25.3. The Balaban J connectivity index is 1.69. The van der Waals surface area contributed by atoms with Gasteiger partial charge in [-0.15, -0.1) is 0 Å². The fraction of sp³-hybridized carbons (Fsp3) is 0.150. The molecule has 0 heterocycles. The molecule has 1 N–H and O–H groups in total. The van der Waals surface area contributed by atoms with Gasteiger partial charge in [-0.25, -0.2) is 12.7 Å². The second-order valence-electron chi connectivity index (χ2n) is 6.18. The van der Waals surface area contributed by atoms with Crippen molar-refractivity contribution < 1.29 is 13.2 Å². The fourth-order valence-corrected chi connectivity index (χ4v) is 3.52. The minimum Gasteiger partial charge on any atom is -0.348 e. The molecule has 3 aromatic carbocycles. The van der Waals surface area contributed by atoms with Crippen molar-refractivity contribution in [1.29, 1.82) is 0 Å². The van der Waals surface area contributed by atoms with Crippen LogP contribution in [0.15, 0.2) is 71.6 Å². The van der Waals surface area contributed by atoms with Crippen LogP contribution in [-0.2, 0) is 16.6 Å². The monoisotopic (exact) mass is 368 g/mol. The van der Waals surface area contributed by atoms with Gasteiger partial charge in [0, 0.05) is 26.2 Å². The summed E-state index contributed by atoms with van der Waals surface area (Å²) in [5, 5.41) is 5.14. The third-order valence-electron chi connectivity index (χ3n) is 4.16. The van der Waals surface area contributed by atoms with E-state index in [1.165, 1.54) is 38.4 Å². The Labute approximate surface area is 153 Å². The Morgan fingerprint density at radius 2 is 1.58 bits per heavy atom. The Hall–Kier alpha value is -2.70. The Kier molecular flexibility index (Phi) is 5.06. The standard InChI is InChI=1S/C20H20N2O3S/c1-22(2)26(24,25)19-11-9-17(10-12-19)20(23)21-14-15-7-8-16-5-3-4-6-18(16)13-15/h3-13H,14H2,1-2H3,(H,21,23). The van der Waals surface area contributed by atoms with E-state index in [-0.39, 0.29) is 10.8 Å². The Bertz CT molecular complexity index is 1040. The lowest BCUT2D eigenvalue weighted by molar-refractivity contribution is 0.0951. The Morgan fingerprint density at radius 1 is 0.923 bits per heavy atom. The summed E-state index contributed by atoms with van der Waals surface area (Å²) >= 11 is 0. The van der Waals surface area contributed by atoms with Crippen LogP contribution in [-0.4, -0.2) is 32.7 Å². The number of hydrogen-bond acceptors (Lipinski definition) is 3. The first-order chi connectivity index (χ1) is 12.4. The molecule has 3 aromatic rings. The van der Waals surface area contributed by atoms with Gasteiger partial charge >= 0.3 is 0 Å². The predicted molar refractivity (Wildman–Crippen MR) is 102 cm³/mol. The lowest BCUT2D eigenvalue weighted by Crippen LogP contribution is -2.24. The van der Waals surface area contributed by atoms with Crippen molar-refractivity contribution in [2.45, 2.75) is 11.4 Å². The van der Waals surface area contributed by atoms with E-state index in [0.717, 1.165) is 20.6 Å². The fourth-order valence-electron chi connectivity index (χ4n) is 2.62. The lowest BCUT2D eigenvalue weighted by Gasteiger charge is -2.11. The third-order valence-corrected chi connectivity index (χ3v) is 5.99. The molecule has 0 saturated carbocycles. The molecule has 0 bridgehead atoms. The van der Waals surface area contributed by atoms with Crippen molar-refractivity contribution in [1.82, 2.24) is 9.62 Å². The number of carbonyl (C=O) groups excluding carboxylic acids is 1. The van der Waals surface area contributed by atoms with Gasteiger partial charge in [-0.3, -0.25) is 4.79 Å². The van der Waals surface area contributed by atoms with Crippen LogP contribution in [0.2, 0.25) is 0 Å². The maximum Gasteiger partial charge on any atom is 0.251 e. The molecule has 0 unspecified atom stereocenters. The molecule has 0 spiro atoms. The van der Waals surface area contributed by atoms with Crippen LogP contribution in [0.1, 0.15) is 15.9 Å². The van der Waals surface area contributed by atoms with E-state index >= 15 is 0 Å². The number of nitrogens with one attached hydrogen (secondary N) is 1. The van der Waals surface area contributed by atoms with Gasteiger partial charge in [0.05, 0.1) is 4.90 Å². The number of nitrogens with zero attached hydrogens (tertiary/aromatic N) is 1. The van der Waals surface area contributed by atoms with Crippen LogP contribution in [0.3, 0.4) is 0 Å². The normalized spacial score (nSPS) is 11.7. The molecule has 1 amide bonds. The summed E-state index contributed by atoms with van der Waals surface area (Å²) in [6.07, 6.45) is 0. The number of amides is 1. The van der Waals surface area contributed by atoms with Crippen LogP contribution in [0.4, 0.5) is 0 Å². The summed E-state index contributed by atoms with van der Waals surface area (Å²) in [5.41, 5.74) is 1.42. The zero-order valence-corrected chi connectivity index (χ0v) is 15.5. The van der Waals surface area contributed by atoms with Gasteiger partial charge in [-0.2, -0.15) is 0 Å². The van der Waals surface area contributed by atoms with Crippen molar-refractivity contribution in [3.63, 3.8) is 0 Å². The molecule has 0 atom stereocenters. The third kappa shape index (κ3) is 3.76. The van der Waals surface area contributed by atoms with Gasteiger partial charge in [-0.05, 0) is 46.7 Å². The first kappa shape index (κ1) is 18.1. The number of sulfonamides is 1. The van der Waals surface area contributed by atoms with Crippen LogP contribution in [0.5, 0.6) is 0 Å². The number of carbonyl (C=O) groups is 1. The van der Waals surface area contributed by atoms with Crippen molar-refractivity contribution in [2.75, 3.05) is 14.1 Å². The number of benzene rings is 3. The highest BCUT2D eigenvalue weighted by Crippen LogP contribution is 2.16. The van der Waals surface area contributed by atoms with Crippen LogP contribution >= 0.6 is 0 Å². The largest absolute Gasteiger partial charge is 0.348 e. The molecular weight excluding hydrogens is 348 g/mol. The van der Waals surface area contributed by atoms with Gasteiger partial charge in [-0.1, -0.05) is 36.4 Å². The second-order valence-corrected chi connectivity index (χ2v) is 8.33. The van der Waals surface area contributed by atoms with Crippen molar-refractivity contribution in [3.05, 3.63) is 77.9 Å². The molecule has 0 aromatic heterocycles. The van der Waals surface area contributed by atoms with Gasteiger partial charge < -0.3 is 5.32 Å². The molecular formula is C20H20N2O3S. The molecule has 3 rings (SSSR count). The number of fused-ring (bicyclic) bond motifs is 1. The van der Waals surface area contributed by atoms with Crippen LogP contribution < -0.4 is 5.32 Å². The van der Waals surface area contributed by atoms with Gasteiger partial charge in [0.1, 0.15) is 0 Å². The zero-order chi connectivity index (χ0) is 18.7. The number of rotatable bonds is 5. The van der Waals surface area contributed by atoms with E-state index in [9.17, 15) is 13.2 Å². The van der Waals surface area contributed by atoms with E-state index in [2.05, 4.69) is 5.32 Å². The summed E-state index contributed by atoms with van der Waals surface area (Å²) in [7, 11) is -0.550. The van der Waals surface area contributed by atoms with Crippen molar-refractivity contribution >= 4 is 26.7 Å². The first-order valence-corrected chi connectivity index (χ1v) is 9.60. The van der Waals surface area contributed by atoms with E-state index in [0.29, 0.717) is 12.1 Å². The Morgan fingerprint density at radius 3 is 2.23 bits per heavy atom. The predicted octanol–water partition coefficient (Wildman–Crippen LogP) is 3.02. The molecule has 0 aliphatic heterocycles. The molecule has 6 heteroatoms. The summed E-state index contributed by atoms with van der Waals surface area (Å²) in [5.74, 6) is -0.244. The van der Waals surface area contributed by atoms with E-state index in [1.807, 2.05) is 42.5 Å². The first-order valence-electron chi connectivity index (χ1n) is 8.16. The van der Waals surface area contributed by atoms with Gasteiger partial charge in [0.25, 0.3) is 5.91 Å². The lowest BCUT2D eigenvalue weighted by atomic mass is 10.1. The number of hydrogen-bond donors (Lipinski definition) is 1. The average molecular weight is 368 g/mol. The molecule has 0 fully saturated rings. The van der Waals surface area contributed by atoms with Crippen molar-refractivity contribution in [3.8, 4) is 0 Å². The summed E-state index contributed by atoms with van der Waals surface area (Å²) in [6, 6.07) is 20.0. The molecule has 0 saturated heterocycles. The highest BCUT2D eigenvalue weighted by molar-refractivity contribution is 7.89.